The van der Waals surface area contributed by atoms with Gasteiger partial charge in [0.25, 0.3) is 0 Å². The van der Waals surface area contributed by atoms with Gasteiger partial charge in [-0.1, -0.05) is 12.1 Å². The van der Waals surface area contributed by atoms with Crippen molar-refractivity contribution in [3.63, 3.8) is 0 Å². The smallest absolute Gasteiger partial charge is 0.251 e. The summed E-state index contributed by atoms with van der Waals surface area (Å²) in [7, 11) is -3.69. The van der Waals surface area contributed by atoms with Crippen molar-refractivity contribution in [3.05, 3.63) is 41.8 Å². The van der Waals surface area contributed by atoms with Gasteiger partial charge in [0.1, 0.15) is 0 Å². The normalized spacial score (nSPS) is 16.3. The van der Waals surface area contributed by atoms with Gasteiger partial charge in [0.2, 0.25) is 5.28 Å². The summed E-state index contributed by atoms with van der Waals surface area (Å²) in [4.78, 5) is 7.77. The Morgan fingerprint density at radius 1 is 1.20 bits per heavy atom. The first-order valence-corrected chi connectivity index (χ1v) is 7.73. The molecular formula is C12H11ClN4O2S. The fraction of sp³-hybridized carbons (Fsp3) is 0.167. The monoisotopic (exact) mass is 310 g/mol. The Hall–Kier alpha value is -1.86. The van der Waals surface area contributed by atoms with Crippen LogP contribution in [0, 0.1) is 0 Å². The fourth-order valence-corrected chi connectivity index (χ4v) is 4.02. The lowest BCUT2D eigenvalue weighted by molar-refractivity contribution is 0.594. The number of para-hydroxylation sites is 2. The average Bonchev–Trinajstić information content (AvgIpc) is 2.64. The lowest BCUT2D eigenvalue weighted by Crippen LogP contribution is -2.35. The molecule has 0 fully saturated rings. The zero-order valence-corrected chi connectivity index (χ0v) is 12.1. The van der Waals surface area contributed by atoms with Crippen LogP contribution in [-0.4, -0.2) is 24.9 Å². The van der Waals surface area contributed by atoms with E-state index in [0.29, 0.717) is 17.9 Å². The number of fused-ring (bicyclic) bond motifs is 1. The number of hydrogen-bond acceptors (Lipinski definition) is 4. The van der Waals surface area contributed by atoms with Crippen LogP contribution >= 0.6 is 11.6 Å². The van der Waals surface area contributed by atoms with Crippen molar-refractivity contribution in [2.24, 2.45) is 0 Å². The summed E-state index contributed by atoms with van der Waals surface area (Å²) in [6.07, 6.45) is 1.43. The van der Waals surface area contributed by atoms with Crippen molar-refractivity contribution in [1.82, 2.24) is 9.97 Å². The van der Waals surface area contributed by atoms with Gasteiger partial charge in [-0.2, -0.15) is 13.4 Å². The number of hydrogen-bond donors (Lipinski definition) is 0. The van der Waals surface area contributed by atoms with E-state index in [1.54, 1.807) is 31.2 Å². The van der Waals surface area contributed by atoms with Crippen LogP contribution in [0.15, 0.2) is 36.5 Å². The summed E-state index contributed by atoms with van der Waals surface area (Å²) >= 11 is 5.76. The van der Waals surface area contributed by atoms with E-state index in [1.807, 2.05) is 0 Å². The Balaban J connectivity index is 2.25. The maximum absolute atomic E-state index is 12.6. The van der Waals surface area contributed by atoms with Gasteiger partial charge in [-0.05, 0) is 30.7 Å². The number of nitrogens with zero attached hydrogens (tertiary/aromatic N) is 4. The molecule has 0 saturated carbocycles. The first-order valence-electron chi connectivity index (χ1n) is 5.96. The summed E-state index contributed by atoms with van der Waals surface area (Å²) in [6, 6.07) is 8.59. The number of aromatic nitrogens is 2. The summed E-state index contributed by atoms with van der Waals surface area (Å²) in [5.74, 6) is 0.230. The van der Waals surface area contributed by atoms with Gasteiger partial charge >= 0.3 is 10.2 Å². The first-order chi connectivity index (χ1) is 9.55. The summed E-state index contributed by atoms with van der Waals surface area (Å²) in [6.45, 7) is 2.12. The third-order valence-electron chi connectivity index (χ3n) is 2.99. The van der Waals surface area contributed by atoms with Gasteiger partial charge in [-0.3, -0.25) is 4.31 Å². The Morgan fingerprint density at radius 2 is 1.90 bits per heavy atom. The largest absolute Gasteiger partial charge is 0.332 e. The molecule has 0 saturated heterocycles. The van der Waals surface area contributed by atoms with Crippen molar-refractivity contribution in [1.29, 1.82) is 0 Å². The molecule has 1 aliphatic heterocycles. The van der Waals surface area contributed by atoms with E-state index < -0.39 is 10.2 Å². The van der Waals surface area contributed by atoms with Crippen LogP contribution in [0.25, 0.3) is 0 Å². The number of halogens is 1. The molecule has 2 heterocycles. The Morgan fingerprint density at radius 3 is 2.55 bits per heavy atom. The van der Waals surface area contributed by atoms with Gasteiger partial charge in [-0.25, -0.2) is 9.29 Å². The van der Waals surface area contributed by atoms with Crippen molar-refractivity contribution < 1.29 is 8.42 Å². The van der Waals surface area contributed by atoms with Gasteiger partial charge < -0.3 is 0 Å². The molecule has 20 heavy (non-hydrogen) atoms. The Bertz CT molecular complexity index is 766. The highest BCUT2D eigenvalue weighted by molar-refractivity contribution is 7.95. The highest BCUT2D eigenvalue weighted by Crippen LogP contribution is 2.44. The van der Waals surface area contributed by atoms with E-state index in [9.17, 15) is 8.42 Å². The average molecular weight is 311 g/mol. The summed E-state index contributed by atoms with van der Waals surface area (Å²) in [5.41, 5.74) is 1.19. The molecule has 0 aliphatic carbocycles. The molecule has 0 atom stereocenters. The fourth-order valence-electron chi connectivity index (χ4n) is 2.21. The lowest BCUT2D eigenvalue weighted by Gasteiger charge is -2.19. The molecular weight excluding hydrogens is 300 g/mol. The molecule has 8 heteroatoms. The minimum atomic E-state index is -3.69. The molecule has 2 aromatic rings. The van der Waals surface area contributed by atoms with E-state index in [0.717, 1.165) is 0 Å². The quantitative estimate of drug-likeness (QED) is 0.799. The van der Waals surface area contributed by atoms with E-state index in [1.165, 1.54) is 20.9 Å². The molecule has 3 rings (SSSR count). The van der Waals surface area contributed by atoms with Crippen molar-refractivity contribution in [2.45, 2.75) is 6.92 Å². The van der Waals surface area contributed by atoms with Crippen molar-refractivity contribution in [3.8, 4) is 0 Å². The van der Waals surface area contributed by atoms with Gasteiger partial charge in [0.15, 0.2) is 5.82 Å². The molecule has 0 radical (unpaired) electrons. The van der Waals surface area contributed by atoms with Crippen LogP contribution in [0.5, 0.6) is 0 Å². The van der Waals surface area contributed by atoms with Crippen molar-refractivity contribution >= 4 is 39.0 Å². The molecule has 0 N–H and O–H groups in total. The first kappa shape index (κ1) is 13.1. The minimum absolute atomic E-state index is 0.00475. The molecule has 6 nitrogen and oxygen atoms in total. The van der Waals surface area contributed by atoms with Gasteiger partial charge in [0, 0.05) is 18.8 Å². The lowest BCUT2D eigenvalue weighted by atomic mass is 10.2. The number of anilines is 3. The predicted molar refractivity (Wildman–Crippen MR) is 77.6 cm³/mol. The zero-order chi connectivity index (χ0) is 14.3. The number of benzene rings is 1. The Labute approximate surface area is 121 Å². The summed E-state index contributed by atoms with van der Waals surface area (Å²) < 4.78 is 27.8. The predicted octanol–water partition coefficient (Wildman–Crippen LogP) is 2.35. The molecule has 104 valence electrons. The SMILES string of the molecule is CCN1c2ccccc2N(c2ccnc(Cl)n2)S1(=O)=O. The van der Waals surface area contributed by atoms with Crippen LogP contribution in [-0.2, 0) is 10.2 Å². The highest BCUT2D eigenvalue weighted by atomic mass is 35.5. The molecule has 1 aromatic carbocycles. The minimum Gasteiger partial charge on any atom is -0.251 e. The second kappa shape index (κ2) is 4.60. The van der Waals surface area contributed by atoms with Crippen LogP contribution in [0.4, 0.5) is 17.2 Å². The molecule has 1 aliphatic rings. The molecule has 1 aromatic heterocycles. The maximum Gasteiger partial charge on any atom is 0.332 e. The maximum atomic E-state index is 12.6. The summed E-state index contributed by atoms with van der Waals surface area (Å²) in [5, 5.41) is 0.00475. The van der Waals surface area contributed by atoms with Gasteiger partial charge in [0.05, 0.1) is 11.4 Å². The van der Waals surface area contributed by atoms with Crippen LogP contribution < -0.4 is 8.61 Å². The van der Waals surface area contributed by atoms with E-state index in [-0.39, 0.29) is 11.1 Å². The third-order valence-corrected chi connectivity index (χ3v) is 5.02. The molecule has 0 unspecified atom stereocenters. The Kier molecular flexibility index (Phi) is 3.02. The standard InChI is InChI=1S/C12H11ClN4O2S/c1-2-16-9-5-3-4-6-10(9)17(20(16,18)19)11-7-8-14-12(13)15-11/h3-8H,2H2,1H3. The second-order valence-electron chi connectivity index (χ2n) is 4.11. The highest BCUT2D eigenvalue weighted by Gasteiger charge is 2.41. The van der Waals surface area contributed by atoms with Crippen LogP contribution in [0.1, 0.15) is 6.92 Å². The van der Waals surface area contributed by atoms with E-state index in [2.05, 4.69) is 9.97 Å². The van der Waals surface area contributed by atoms with E-state index >= 15 is 0 Å². The topological polar surface area (TPSA) is 66.4 Å². The number of rotatable bonds is 2. The van der Waals surface area contributed by atoms with E-state index in [4.69, 9.17) is 11.6 Å². The third kappa shape index (κ3) is 1.82. The zero-order valence-electron chi connectivity index (χ0n) is 10.6. The molecule has 0 amide bonds. The van der Waals surface area contributed by atoms with Crippen molar-refractivity contribution in [2.75, 3.05) is 15.2 Å². The second-order valence-corrected chi connectivity index (χ2v) is 6.15. The molecule has 0 spiro atoms. The van der Waals surface area contributed by atoms with Crippen LogP contribution in [0.2, 0.25) is 5.28 Å². The molecule has 0 bridgehead atoms. The van der Waals surface area contributed by atoms with Crippen LogP contribution in [0.3, 0.4) is 0 Å². The van der Waals surface area contributed by atoms with Gasteiger partial charge in [-0.15, -0.1) is 0 Å².